The lowest BCUT2D eigenvalue weighted by Crippen LogP contribution is -2.25. The first-order valence-electron chi connectivity index (χ1n) is 10.2. The van der Waals surface area contributed by atoms with Gasteiger partial charge in [-0.15, -0.1) is 0 Å². The summed E-state index contributed by atoms with van der Waals surface area (Å²) in [6, 6.07) is 22.0. The van der Waals surface area contributed by atoms with Gasteiger partial charge in [-0.25, -0.2) is 4.68 Å². The van der Waals surface area contributed by atoms with Crippen molar-refractivity contribution >= 4 is 23.3 Å². The largest absolute Gasteiger partial charge is 0.306 e. The standard InChI is InChI=1S/C26H22ClN3O2/c1-16-11-13-19(14-12-16)23-24(31)18(3)29-30(21-9-6-8-20(27)15-21)25(23)28-26(32)22-10-5-4-7-17(22)2/h4-15H,1-3H3,(H,28,32). The Morgan fingerprint density at radius 2 is 1.66 bits per heavy atom. The van der Waals surface area contributed by atoms with Gasteiger partial charge in [-0.2, -0.15) is 5.10 Å². The Morgan fingerprint density at radius 1 is 0.938 bits per heavy atom. The van der Waals surface area contributed by atoms with Crippen molar-refractivity contribution in [1.82, 2.24) is 9.78 Å². The number of anilines is 1. The topological polar surface area (TPSA) is 64.0 Å². The summed E-state index contributed by atoms with van der Waals surface area (Å²) in [6.45, 7) is 5.51. The third kappa shape index (κ3) is 4.20. The van der Waals surface area contributed by atoms with E-state index in [1.54, 1.807) is 41.9 Å². The van der Waals surface area contributed by atoms with Crippen LogP contribution >= 0.6 is 11.6 Å². The van der Waals surface area contributed by atoms with Crippen molar-refractivity contribution in [2.24, 2.45) is 0 Å². The van der Waals surface area contributed by atoms with Crippen LogP contribution in [0.25, 0.3) is 16.8 Å². The van der Waals surface area contributed by atoms with E-state index in [0.717, 1.165) is 11.1 Å². The predicted octanol–water partition coefficient (Wildman–Crippen LogP) is 5.73. The maximum absolute atomic E-state index is 13.3. The quantitative estimate of drug-likeness (QED) is 0.438. The minimum atomic E-state index is -0.322. The Bertz CT molecular complexity index is 1370. The molecule has 1 amide bonds. The van der Waals surface area contributed by atoms with Crippen molar-refractivity contribution in [2.45, 2.75) is 20.8 Å². The van der Waals surface area contributed by atoms with Gasteiger partial charge in [0.25, 0.3) is 5.91 Å². The fourth-order valence-electron chi connectivity index (χ4n) is 3.54. The summed E-state index contributed by atoms with van der Waals surface area (Å²) in [5, 5.41) is 7.96. The molecule has 6 heteroatoms. The van der Waals surface area contributed by atoms with Gasteiger partial charge < -0.3 is 5.32 Å². The summed E-state index contributed by atoms with van der Waals surface area (Å²) in [5.41, 5.74) is 4.20. The monoisotopic (exact) mass is 443 g/mol. The molecular weight excluding hydrogens is 422 g/mol. The maximum atomic E-state index is 13.3. The lowest BCUT2D eigenvalue weighted by Gasteiger charge is -2.19. The van der Waals surface area contributed by atoms with Crippen LogP contribution in [0.4, 0.5) is 5.82 Å². The normalized spacial score (nSPS) is 10.8. The van der Waals surface area contributed by atoms with Gasteiger partial charge in [0.2, 0.25) is 5.43 Å². The van der Waals surface area contributed by atoms with E-state index in [4.69, 9.17) is 11.6 Å². The van der Waals surface area contributed by atoms with E-state index in [-0.39, 0.29) is 11.3 Å². The Labute approximate surface area is 191 Å². The second-order valence-electron chi connectivity index (χ2n) is 7.66. The van der Waals surface area contributed by atoms with Crippen LogP contribution < -0.4 is 10.7 Å². The molecule has 0 aliphatic rings. The number of nitrogens with one attached hydrogen (secondary N) is 1. The molecule has 0 spiro atoms. The van der Waals surface area contributed by atoms with E-state index >= 15 is 0 Å². The van der Waals surface area contributed by atoms with E-state index in [1.165, 1.54) is 0 Å². The van der Waals surface area contributed by atoms with Crippen molar-refractivity contribution in [3.05, 3.63) is 110 Å². The van der Waals surface area contributed by atoms with Crippen molar-refractivity contribution in [3.8, 4) is 16.8 Å². The molecule has 0 aliphatic carbocycles. The molecule has 0 fully saturated rings. The highest BCUT2D eigenvalue weighted by Gasteiger charge is 2.21. The molecule has 0 bridgehead atoms. The second-order valence-corrected chi connectivity index (χ2v) is 8.10. The molecular formula is C26H22ClN3O2. The van der Waals surface area contributed by atoms with E-state index in [9.17, 15) is 9.59 Å². The minimum Gasteiger partial charge on any atom is -0.306 e. The number of amides is 1. The van der Waals surface area contributed by atoms with Crippen LogP contribution in [0, 0.1) is 20.8 Å². The maximum Gasteiger partial charge on any atom is 0.257 e. The molecule has 0 radical (unpaired) electrons. The summed E-state index contributed by atoms with van der Waals surface area (Å²) >= 11 is 6.22. The number of aryl methyl sites for hydroxylation is 3. The average molecular weight is 444 g/mol. The fourth-order valence-corrected chi connectivity index (χ4v) is 3.73. The summed E-state index contributed by atoms with van der Waals surface area (Å²) in [5.74, 6) is -0.0303. The van der Waals surface area contributed by atoms with Crippen LogP contribution in [0.1, 0.15) is 27.2 Å². The first-order valence-corrected chi connectivity index (χ1v) is 10.6. The van der Waals surface area contributed by atoms with E-state index in [1.807, 2.05) is 56.3 Å². The number of halogens is 1. The summed E-state index contributed by atoms with van der Waals surface area (Å²) < 4.78 is 1.56. The van der Waals surface area contributed by atoms with Crippen LogP contribution in [0.5, 0.6) is 0 Å². The predicted molar refractivity (Wildman–Crippen MR) is 129 cm³/mol. The molecule has 0 aliphatic heterocycles. The number of nitrogens with zero attached hydrogens (tertiary/aromatic N) is 2. The van der Waals surface area contributed by atoms with Gasteiger partial charge >= 0.3 is 0 Å². The van der Waals surface area contributed by atoms with Gasteiger partial charge in [-0.1, -0.05) is 65.7 Å². The lowest BCUT2D eigenvalue weighted by molar-refractivity contribution is 0.102. The molecule has 1 N–H and O–H groups in total. The minimum absolute atomic E-state index is 0.243. The van der Waals surface area contributed by atoms with Crippen molar-refractivity contribution in [2.75, 3.05) is 5.32 Å². The second kappa shape index (κ2) is 8.81. The van der Waals surface area contributed by atoms with Gasteiger partial charge in [-0.05, 0) is 56.2 Å². The molecule has 0 unspecified atom stereocenters. The molecule has 0 atom stereocenters. The van der Waals surface area contributed by atoms with E-state index < -0.39 is 0 Å². The molecule has 160 valence electrons. The highest BCUT2D eigenvalue weighted by atomic mass is 35.5. The van der Waals surface area contributed by atoms with Gasteiger partial charge in [0, 0.05) is 10.6 Å². The van der Waals surface area contributed by atoms with E-state index in [2.05, 4.69) is 10.4 Å². The third-order valence-electron chi connectivity index (χ3n) is 5.27. The molecule has 3 aromatic carbocycles. The molecule has 1 heterocycles. The average Bonchev–Trinajstić information content (AvgIpc) is 2.77. The van der Waals surface area contributed by atoms with Crippen LogP contribution in [-0.4, -0.2) is 15.7 Å². The zero-order chi connectivity index (χ0) is 22.8. The molecule has 4 rings (SSSR count). The number of aromatic nitrogens is 2. The van der Waals surface area contributed by atoms with Crippen molar-refractivity contribution in [3.63, 3.8) is 0 Å². The number of hydrogen-bond donors (Lipinski definition) is 1. The third-order valence-corrected chi connectivity index (χ3v) is 5.50. The number of hydrogen-bond acceptors (Lipinski definition) is 3. The number of carbonyl (C=O) groups is 1. The highest BCUT2D eigenvalue weighted by molar-refractivity contribution is 6.30. The highest BCUT2D eigenvalue weighted by Crippen LogP contribution is 2.29. The first kappa shape index (κ1) is 21.5. The van der Waals surface area contributed by atoms with Crippen LogP contribution in [0.15, 0.2) is 77.6 Å². The van der Waals surface area contributed by atoms with Gasteiger partial charge in [0.05, 0.1) is 11.3 Å². The summed E-state index contributed by atoms with van der Waals surface area (Å²) in [4.78, 5) is 26.5. The van der Waals surface area contributed by atoms with Gasteiger partial charge in [0.15, 0.2) is 0 Å². The number of benzene rings is 3. The van der Waals surface area contributed by atoms with Crippen molar-refractivity contribution < 1.29 is 4.79 Å². The van der Waals surface area contributed by atoms with Crippen LogP contribution in [-0.2, 0) is 0 Å². The van der Waals surface area contributed by atoms with Gasteiger partial charge in [0.1, 0.15) is 11.5 Å². The Kier molecular flexibility index (Phi) is 5.93. The first-order chi connectivity index (χ1) is 15.3. The van der Waals surface area contributed by atoms with Gasteiger partial charge in [-0.3, -0.25) is 9.59 Å². The summed E-state index contributed by atoms with van der Waals surface area (Å²) in [6.07, 6.45) is 0. The van der Waals surface area contributed by atoms with Crippen LogP contribution in [0.2, 0.25) is 5.02 Å². The molecule has 0 saturated carbocycles. The molecule has 4 aromatic rings. The zero-order valence-corrected chi connectivity index (χ0v) is 18.8. The Balaban J connectivity index is 1.98. The number of carbonyl (C=O) groups excluding carboxylic acids is 1. The molecule has 5 nitrogen and oxygen atoms in total. The Morgan fingerprint density at radius 3 is 2.34 bits per heavy atom. The van der Waals surface area contributed by atoms with E-state index in [0.29, 0.717) is 38.9 Å². The number of rotatable bonds is 4. The molecule has 1 aromatic heterocycles. The Hall–Kier alpha value is -3.70. The molecule has 0 saturated heterocycles. The van der Waals surface area contributed by atoms with Crippen LogP contribution in [0.3, 0.4) is 0 Å². The smallest absolute Gasteiger partial charge is 0.257 e. The fraction of sp³-hybridized carbons (Fsp3) is 0.115. The van der Waals surface area contributed by atoms with Crippen molar-refractivity contribution in [1.29, 1.82) is 0 Å². The SMILES string of the molecule is Cc1ccc(-c2c(NC(=O)c3ccccc3C)n(-c3cccc(Cl)c3)nc(C)c2=O)cc1. The molecule has 32 heavy (non-hydrogen) atoms. The zero-order valence-electron chi connectivity index (χ0n) is 18.0. The lowest BCUT2D eigenvalue weighted by atomic mass is 10.0. The summed E-state index contributed by atoms with van der Waals surface area (Å²) in [7, 11) is 0.